The number of rotatable bonds is 2. The molecule has 0 amide bonds. The van der Waals surface area contributed by atoms with Crippen LogP contribution in [0.3, 0.4) is 0 Å². The summed E-state index contributed by atoms with van der Waals surface area (Å²) in [7, 11) is 0. The highest BCUT2D eigenvalue weighted by molar-refractivity contribution is 5.37. The second-order valence-electron chi connectivity index (χ2n) is 5.60. The molecule has 1 aromatic rings. The van der Waals surface area contributed by atoms with E-state index in [9.17, 15) is 0 Å². The summed E-state index contributed by atoms with van der Waals surface area (Å²) >= 11 is 0. The lowest BCUT2D eigenvalue weighted by molar-refractivity contribution is 0.408. The van der Waals surface area contributed by atoms with Crippen molar-refractivity contribution in [3.63, 3.8) is 0 Å². The van der Waals surface area contributed by atoms with E-state index >= 15 is 0 Å². The van der Waals surface area contributed by atoms with Crippen molar-refractivity contribution in [1.29, 1.82) is 0 Å². The first-order valence-electron chi connectivity index (χ1n) is 6.26. The Morgan fingerprint density at radius 1 is 1.28 bits per heavy atom. The molecule has 1 aliphatic carbocycles. The molecule has 1 aliphatic rings. The predicted molar refractivity (Wildman–Crippen MR) is 74.1 cm³/mol. The normalized spacial score (nSPS) is 15.9. The number of anilines is 1. The number of hydrogen-bond donors (Lipinski definition) is 1. The number of hydrogen-bond acceptors (Lipinski definition) is 3. The van der Waals surface area contributed by atoms with Crippen LogP contribution in [0.4, 0.5) is 5.69 Å². The van der Waals surface area contributed by atoms with Gasteiger partial charge in [-0.25, -0.2) is 4.98 Å². The molecular formula is C15H20N2O. The fraction of sp³-hybridized carbons (Fsp3) is 0.400. The lowest BCUT2D eigenvalue weighted by Gasteiger charge is -2.25. The zero-order chi connectivity index (χ0) is 13.2. The standard InChI is InChI=1S/C15H20N2O/c1-15(2,3)11-5-4-6-13(9-11)18-14-8-7-12(16)10-17-14/h6-10H,4-5,16H2,1-3H3. The lowest BCUT2D eigenvalue weighted by atomic mass is 9.82. The Labute approximate surface area is 108 Å². The Balaban J connectivity index is 2.13. The molecule has 0 unspecified atom stereocenters. The molecule has 0 saturated carbocycles. The molecular weight excluding hydrogens is 224 g/mol. The van der Waals surface area contributed by atoms with Gasteiger partial charge in [0.25, 0.3) is 0 Å². The van der Waals surface area contributed by atoms with Crippen LogP contribution in [0.2, 0.25) is 0 Å². The number of nitrogens with two attached hydrogens (primary N) is 1. The van der Waals surface area contributed by atoms with Crippen LogP contribution in [-0.4, -0.2) is 4.98 Å². The molecule has 0 aromatic carbocycles. The Kier molecular flexibility index (Phi) is 3.41. The van der Waals surface area contributed by atoms with Crippen molar-refractivity contribution < 1.29 is 4.74 Å². The van der Waals surface area contributed by atoms with Gasteiger partial charge in [0.1, 0.15) is 5.76 Å². The Bertz CT molecular complexity index is 478. The molecule has 0 bridgehead atoms. The number of ether oxygens (including phenoxy) is 1. The van der Waals surface area contributed by atoms with Crippen LogP contribution in [0.25, 0.3) is 0 Å². The molecule has 3 heteroatoms. The quantitative estimate of drug-likeness (QED) is 0.863. The van der Waals surface area contributed by atoms with E-state index in [0.717, 1.165) is 18.6 Å². The fourth-order valence-electron chi connectivity index (χ4n) is 1.91. The first-order chi connectivity index (χ1) is 8.45. The van der Waals surface area contributed by atoms with Gasteiger partial charge >= 0.3 is 0 Å². The van der Waals surface area contributed by atoms with Gasteiger partial charge in [-0.05, 0) is 36.5 Å². The molecule has 1 aromatic heterocycles. The van der Waals surface area contributed by atoms with Gasteiger partial charge in [-0.15, -0.1) is 0 Å². The van der Waals surface area contributed by atoms with Crippen molar-refractivity contribution in [1.82, 2.24) is 4.98 Å². The van der Waals surface area contributed by atoms with Crippen LogP contribution in [0.1, 0.15) is 33.6 Å². The number of nitrogens with zero attached hydrogens (tertiary/aromatic N) is 1. The van der Waals surface area contributed by atoms with Crippen LogP contribution in [0, 0.1) is 5.41 Å². The SMILES string of the molecule is CC(C)(C)C1=CC(Oc2ccc(N)cn2)=CCC1. The minimum atomic E-state index is 0.192. The second kappa shape index (κ2) is 4.84. The van der Waals surface area contributed by atoms with Gasteiger partial charge in [0, 0.05) is 6.07 Å². The molecule has 2 N–H and O–H groups in total. The minimum absolute atomic E-state index is 0.192. The fourth-order valence-corrected chi connectivity index (χ4v) is 1.91. The van der Waals surface area contributed by atoms with Gasteiger partial charge in [-0.3, -0.25) is 0 Å². The molecule has 0 aliphatic heterocycles. The highest BCUT2D eigenvalue weighted by Gasteiger charge is 2.19. The summed E-state index contributed by atoms with van der Waals surface area (Å²) < 4.78 is 5.75. The van der Waals surface area contributed by atoms with Gasteiger partial charge in [-0.2, -0.15) is 0 Å². The average Bonchev–Trinajstić information content (AvgIpc) is 2.31. The summed E-state index contributed by atoms with van der Waals surface area (Å²) in [6.07, 6.45) is 7.96. The molecule has 2 rings (SSSR count). The van der Waals surface area contributed by atoms with Gasteiger partial charge in [-0.1, -0.05) is 26.3 Å². The minimum Gasteiger partial charge on any atom is -0.439 e. The smallest absolute Gasteiger partial charge is 0.219 e. The topological polar surface area (TPSA) is 48.1 Å². The van der Waals surface area contributed by atoms with Crippen molar-refractivity contribution in [2.24, 2.45) is 5.41 Å². The van der Waals surface area contributed by atoms with Gasteiger partial charge in [0.15, 0.2) is 0 Å². The highest BCUT2D eigenvalue weighted by atomic mass is 16.5. The molecule has 0 fully saturated rings. The molecule has 0 atom stereocenters. The van der Waals surface area contributed by atoms with E-state index in [1.54, 1.807) is 18.3 Å². The number of nitrogen functional groups attached to an aromatic ring is 1. The Morgan fingerprint density at radius 3 is 2.67 bits per heavy atom. The van der Waals surface area contributed by atoms with E-state index in [0.29, 0.717) is 11.6 Å². The average molecular weight is 244 g/mol. The highest BCUT2D eigenvalue weighted by Crippen LogP contribution is 2.33. The van der Waals surface area contributed by atoms with Crippen LogP contribution in [0.15, 0.2) is 41.8 Å². The van der Waals surface area contributed by atoms with E-state index in [1.165, 1.54) is 5.57 Å². The third-order valence-corrected chi connectivity index (χ3v) is 3.02. The molecule has 0 radical (unpaired) electrons. The molecule has 0 spiro atoms. The van der Waals surface area contributed by atoms with E-state index in [4.69, 9.17) is 10.5 Å². The second-order valence-corrected chi connectivity index (χ2v) is 5.60. The molecule has 96 valence electrons. The van der Waals surface area contributed by atoms with Crippen molar-refractivity contribution in [3.8, 4) is 5.88 Å². The molecule has 0 saturated heterocycles. The summed E-state index contributed by atoms with van der Waals surface area (Å²) in [5.41, 5.74) is 7.84. The third kappa shape index (κ3) is 3.13. The zero-order valence-corrected chi connectivity index (χ0v) is 11.2. The summed E-state index contributed by atoms with van der Waals surface area (Å²) in [5, 5.41) is 0. The van der Waals surface area contributed by atoms with E-state index in [1.807, 2.05) is 0 Å². The van der Waals surface area contributed by atoms with Crippen molar-refractivity contribution in [3.05, 3.63) is 41.8 Å². The predicted octanol–water partition coefficient (Wildman–Crippen LogP) is 3.69. The van der Waals surface area contributed by atoms with E-state index < -0.39 is 0 Å². The first-order valence-corrected chi connectivity index (χ1v) is 6.26. The first kappa shape index (κ1) is 12.7. The molecule has 3 nitrogen and oxygen atoms in total. The van der Waals surface area contributed by atoms with Gasteiger partial charge in [0.2, 0.25) is 5.88 Å². The van der Waals surface area contributed by atoms with Crippen LogP contribution in [-0.2, 0) is 0 Å². The van der Waals surface area contributed by atoms with Crippen LogP contribution < -0.4 is 10.5 Å². The largest absolute Gasteiger partial charge is 0.439 e. The summed E-state index contributed by atoms with van der Waals surface area (Å²) in [4.78, 5) is 4.14. The zero-order valence-electron chi connectivity index (χ0n) is 11.2. The van der Waals surface area contributed by atoms with E-state index in [2.05, 4.69) is 37.9 Å². The molecule has 1 heterocycles. The maximum absolute atomic E-state index is 5.75. The maximum Gasteiger partial charge on any atom is 0.219 e. The number of allylic oxidation sites excluding steroid dienone is 3. The van der Waals surface area contributed by atoms with Crippen molar-refractivity contribution >= 4 is 5.69 Å². The van der Waals surface area contributed by atoms with Crippen molar-refractivity contribution in [2.45, 2.75) is 33.6 Å². The monoisotopic (exact) mass is 244 g/mol. The number of pyridine rings is 1. The number of aromatic nitrogens is 1. The summed E-state index contributed by atoms with van der Waals surface area (Å²) in [6, 6.07) is 3.58. The summed E-state index contributed by atoms with van der Waals surface area (Å²) in [6.45, 7) is 6.68. The van der Waals surface area contributed by atoms with E-state index in [-0.39, 0.29) is 5.41 Å². The van der Waals surface area contributed by atoms with Gasteiger partial charge < -0.3 is 10.5 Å². The Morgan fingerprint density at radius 2 is 2.06 bits per heavy atom. The Hall–Kier alpha value is -1.77. The lowest BCUT2D eigenvalue weighted by Crippen LogP contribution is -2.13. The summed E-state index contributed by atoms with van der Waals surface area (Å²) in [5.74, 6) is 1.46. The third-order valence-electron chi connectivity index (χ3n) is 3.02. The van der Waals surface area contributed by atoms with Crippen LogP contribution >= 0.6 is 0 Å². The van der Waals surface area contributed by atoms with Gasteiger partial charge in [0.05, 0.1) is 11.9 Å². The van der Waals surface area contributed by atoms with Crippen molar-refractivity contribution in [2.75, 3.05) is 5.73 Å². The van der Waals surface area contributed by atoms with Crippen LogP contribution in [0.5, 0.6) is 5.88 Å². The maximum atomic E-state index is 5.75. The molecule has 18 heavy (non-hydrogen) atoms.